The number of likely N-dealkylation sites (N-methyl/N-ethyl adjacent to an activating group) is 1. The first-order valence-electron chi connectivity index (χ1n) is 8.46. The van der Waals surface area contributed by atoms with Gasteiger partial charge < -0.3 is 24.7 Å². The van der Waals surface area contributed by atoms with Crippen molar-refractivity contribution in [2.45, 2.75) is 13.0 Å². The van der Waals surface area contributed by atoms with Gasteiger partial charge in [0.2, 0.25) is 5.91 Å². The normalized spacial score (nSPS) is 11.1. The van der Waals surface area contributed by atoms with Crippen molar-refractivity contribution < 1.29 is 13.9 Å². The van der Waals surface area contributed by atoms with Gasteiger partial charge in [0.25, 0.3) is 0 Å². The molecule has 0 saturated carbocycles. The van der Waals surface area contributed by atoms with Crippen LogP contribution < -0.4 is 15.4 Å². The van der Waals surface area contributed by atoms with Gasteiger partial charge in [0.05, 0.1) is 19.9 Å². The van der Waals surface area contributed by atoms with Gasteiger partial charge in [0.1, 0.15) is 18.1 Å². The SMILES string of the molecule is COc1ccc(CCNC(=NCC(=O)N(C)C)NCc2ccco2)cc1. The lowest BCUT2D eigenvalue weighted by Gasteiger charge is -2.13. The number of hydrogen-bond donors (Lipinski definition) is 2. The molecule has 1 aromatic carbocycles. The molecule has 7 nitrogen and oxygen atoms in total. The number of furan rings is 1. The second-order valence-corrected chi connectivity index (χ2v) is 5.91. The highest BCUT2D eigenvalue weighted by atomic mass is 16.5. The number of hydrogen-bond acceptors (Lipinski definition) is 4. The summed E-state index contributed by atoms with van der Waals surface area (Å²) >= 11 is 0. The Labute approximate surface area is 154 Å². The van der Waals surface area contributed by atoms with Crippen LogP contribution in [-0.2, 0) is 17.8 Å². The van der Waals surface area contributed by atoms with Crippen molar-refractivity contribution in [1.29, 1.82) is 0 Å². The molecule has 0 fully saturated rings. The Morgan fingerprint density at radius 1 is 1.19 bits per heavy atom. The Kier molecular flexibility index (Phi) is 7.54. The third-order valence-corrected chi connectivity index (χ3v) is 3.75. The molecule has 0 spiro atoms. The summed E-state index contributed by atoms with van der Waals surface area (Å²) in [6.07, 6.45) is 2.45. The van der Waals surface area contributed by atoms with Crippen LogP contribution in [0.2, 0.25) is 0 Å². The van der Waals surface area contributed by atoms with Crippen LogP contribution in [0.5, 0.6) is 5.75 Å². The van der Waals surface area contributed by atoms with Gasteiger partial charge in [-0.25, -0.2) is 4.99 Å². The van der Waals surface area contributed by atoms with Crippen LogP contribution in [0, 0.1) is 0 Å². The molecule has 2 rings (SSSR count). The third kappa shape index (κ3) is 6.51. The van der Waals surface area contributed by atoms with E-state index in [-0.39, 0.29) is 12.5 Å². The van der Waals surface area contributed by atoms with Gasteiger partial charge in [-0.15, -0.1) is 0 Å². The highest BCUT2D eigenvalue weighted by Crippen LogP contribution is 2.11. The molecule has 0 radical (unpaired) electrons. The lowest BCUT2D eigenvalue weighted by molar-refractivity contribution is -0.127. The summed E-state index contributed by atoms with van der Waals surface area (Å²) in [5.41, 5.74) is 1.19. The molecule has 0 aliphatic rings. The van der Waals surface area contributed by atoms with E-state index < -0.39 is 0 Å². The van der Waals surface area contributed by atoms with Crippen LogP contribution in [0.15, 0.2) is 52.1 Å². The predicted octanol–water partition coefficient (Wildman–Crippen LogP) is 1.65. The highest BCUT2D eigenvalue weighted by molar-refractivity contribution is 5.84. The molecule has 2 aromatic rings. The number of carbonyl (C=O) groups excluding carboxylic acids is 1. The van der Waals surface area contributed by atoms with Crippen LogP contribution >= 0.6 is 0 Å². The second-order valence-electron chi connectivity index (χ2n) is 5.91. The Morgan fingerprint density at radius 2 is 1.96 bits per heavy atom. The summed E-state index contributed by atoms with van der Waals surface area (Å²) in [5.74, 6) is 2.16. The van der Waals surface area contributed by atoms with Crippen LogP contribution in [0.25, 0.3) is 0 Å². The zero-order valence-corrected chi connectivity index (χ0v) is 15.5. The summed E-state index contributed by atoms with van der Waals surface area (Å²) in [6, 6.07) is 11.7. The molecule has 0 aliphatic carbocycles. The van der Waals surface area contributed by atoms with E-state index in [0.29, 0.717) is 19.0 Å². The van der Waals surface area contributed by atoms with Crippen molar-refractivity contribution in [3.05, 3.63) is 54.0 Å². The van der Waals surface area contributed by atoms with E-state index in [2.05, 4.69) is 15.6 Å². The van der Waals surface area contributed by atoms with Crippen molar-refractivity contribution in [3.63, 3.8) is 0 Å². The predicted molar refractivity (Wildman–Crippen MR) is 101 cm³/mol. The van der Waals surface area contributed by atoms with Crippen molar-refractivity contribution in [1.82, 2.24) is 15.5 Å². The maximum Gasteiger partial charge on any atom is 0.243 e. The number of amides is 1. The van der Waals surface area contributed by atoms with E-state index in [9.17, 15) is 4.79 Å². The molecule has 7 heteroatoms. The minimum atomic E-state index is -0.0562. The Hall–Kier alpha value is -2.96. The average Bonchev–Trinajstić information content (AvgIpc) is 3.17. The molecule has 0 unspecified atom stereocenters. The lowest BCUT2D eigenvalue weighted by Crippen LogP contribution is -2.39. The first-order chi connectivity index (χ1) is 12.6. The van der Waals surface area contributed by atoms with E-state index in [1.165, 1.54) is 10.5 Å². The largest absolute Gasteiger partial charge is 0.497 e. The zero-order chi connectivity index (χ0) is 18.8. The number of aliphatic imine (C=N–C) groups is 1. The molecule has 0 saturated heterocycles. The van der Waals surface area contributed by atoms with E-state index >= 15 is 0 Å². The molecule has 0 bridgehead atoms. The first kappa shape index (κ1) is 19.4. The Bertz CT molecular complexity index is 694. The first-order valence-corrected chi connectivity index (χ1v) is 8.46. The maximum absolute atomic E-state index is 11.8. The van der Waals surface area contributed by atoms with Gasteiger partial charge in [-0.2, -0.15) is 0 Å². The number of rotatable bonds is 8. The molecular formula is C19H26N4O3. The van der Waals surface area contributed by atoms with Gasteiger partial charge in [-0.05, 0) is 36.2 Å². The molecule has 1 amide bonds. The zero-order valence-electron chi connectivity index (χ0n) is 15.5. The van der Waals surface area contributed by atoms with E-state index in [1.54, 1.807) is 27.5 Å². The topological polar surface area (TPSA) is 79.1 Å². The minimum Gasteiger partial charge on any atom is -0.497 e. The Morgan fingerprint density at radius 3 is 2.58 bits per heavy atom. The smallest absolute Gasteiger partial charge is 0.243 e. The number of ether oxygens (including phenoxy) is 1. The monoisotopic (exact) mass is 358 g/mol. The van der Waals surface area contributed by atoms with Crippen molar-refractivity contribution in [2.24, 2.45) is 4.99 Å². The summed E-state index contributed by atoms with van der Waals surface area (Å²) in [4.78, 5) is 17.6. The lowest BCUT2D eigenvalue weighted by atomic mass is 10.1. The highest BCUT2D eigenvalue weighted by Gasteiger charge is 2.05. The summed E-state index contributed by atoms with van der Waals surface area (Å²) in [7, 11) is 5.08. The minimum absolute atomic E-state index is 0.0562. The van der Waals surface area contributed by atoms with Crippen LogP contribution in [0.3, 0.4) is 0 Å². The van der Waals surface area contributed by atoms with Crippen molar-refractivity contribution >= 4 is 11.9 Å². The molecular weight excluding hydrogens is 332 g/mol. The number of methoxy groups -OCH3 is 1. The fourth-order valence-corrected chi connectivity index (χ4v) is 2.16. The molecule has 0 atom stereocenters. The number of benzene rings is 1. The molecule has 26 heavy (non-hydrogen) atoms. The molecule has 1 heterocycles. The standard InChI is InChI=1S/C19H26N4O3/c1-23(2)18(24)14-22-19(21-13-17-5-4-12-26-17)20-11-10-15-6-8-16(25-3)9-7-15/h4-9,12H,10-11,13-14H2,1-3H3,(H2,20,21,22). The van der Waals surface area contributed by atoms with Crippen LogP contribution in [0.4, 0.5) is 0 Å². The maximum atomic E-state index is 11.8. The van der Waals surface area contributed by atoms with Crippen molar-refractivity contribution in [2.75, 3.05) is 34.3 Å². The fourth-order valence-electron chi connectivity index (χ4n) is 2.16. The fraction of sp³-hybridized carbons (Fsp3) is 0.368. The summed E-state index contributed by atoms with van der Waals surface area (Å²) in [6.45, 7) is 1.27. The number of nitrogens with zero attached hydrogens (tertiary/aromatic N) is 2. The van der Waals surface area contributed by atoms with Gasteiger partial charge in [0.15, 0.2) is 5.96 Å². The van der Waals surface area contributed by atoms with E-state index in [0.717, 1.165) is 17.9 Å². The van der Waals surface area contributed by atoms with Gasteiger partial charge in [-0.1, -0.05) is 12.1 Å². The second kappa shape index (κ2) is 10.1. The van der Waals surface area contributed by atoms with E-state index in [1.807, 2.05) is 36.4 Å². The third-order valence-electron chi connectivity index (χ3n) is 3.75. The number of guanidine groups is 1. The number of carbonyl (C=O) groups is 1. The molecule has 2 N–H and O–H groups in total. The quantitative estimate of drug-likeness (QED) is 0.554. The number of nitrogens with one attached hydrogen (secondary N) is 2. The van der Waals surface area contributed by atoms with Gasteiger partial charge in [0, 0.05) is 20.6 Å². The molecule has 1 aromatic heterocycles. The van der Waals surface area contributed by atoms with E-state index in [4.69, 9.17) is 9.15 Å². The molecule has 140 valence electrons. The average molecular weight is 358 g/mol. The molecule has 0 aliphatic heterocycles. The van der Waals surface area contributed by atoms with Crippen LogP contribution in [0.1, 0.15) is 11.3 Å². The summed E-state index contributed by atoms with van der Waals surface area (Å²) < 4.78 is 10.5. The van der Waals surface area contributed by atoms with Gasteiger partial charge >= 0.3 is 0 Å². The van der Waals surface area contributed by atoms with Crippen LogP contribution in [-0.4, -0.2) is 51.1 Å². The Balaban J connectivity index is 1.88. The summed E-state index contributed by atoms with van der Waals surface area (Å²) in [5, 5.41) is 6.42. The van der Waals surface area contributed by atoms with Crippen molar-refractivity contribution in [3.8, 4) is 5.75 Å². The van der Waals surface area contributed by atoms with Gasteiger partial charge in [-0.3, -0.25) is 4.79 Å².